The van der Waals surface area contributed by atoms with E-state index in [2.05, 4.69) is 10.6 Å². The van der Waals surface area contributed by atoms with Crippen molar-refractivity contribution in [3.8, 4) is 0 Å². The molecule has 0 radical (unpaired) electrons. The Hall–Kier alpha value is -3.30. The van der Waals surface area contributed by atoms with Gasteiger partial charge in [-0.25, -0.2) is 9.59 Å². The normalized spacial score (nSPS) is 16.0. The van der Waals surface area contributed by atoms with E-state index < -0.39 is 35.3 Å². The molecule has 1 heterocycles. The predicted molar refractivity (Wildman–Crippen MR) is 125 cm³/mol. The quantitative estimate of drug-likeness (QED) is 0.474. The fraction of sp³-hybridized carbons (Fsp3) is 0.583. The van der Waals surface area contributed by atoms with E-state index in [4.69, 9.17) is 14.2 Å². The van der Waals surface area contributed by atoms with Gasteiger partial charge in [-0.05, 0) is 65.3 Å². The molecule has 188 valence electrons. The lowest BCUT2D eigenvalue weighted by Crippen LogP contribution is -2.45. The fourth-order valence-electron chi connectivity index (χ4n) is 3.27. The second-order valence-corrected chi connectivity index (χ2v) is 10.0. The zero-order chi connectivity index (χ0) is 25.7. The van der Waals surface area contributed by atoms with Gasteiger partial charge in [0.1, 0.15) is 17.2 Å². The summed E-state index contributed by atoms with van der Waals surface area (Å²) < 4.78 is 15.4. The Bertz CT molecular complexity index is 931. The Morgan fingerprint density at radius 2 is 1.74 bits per heavy atom. The molecular formula is C24H35N3O7. The van der Waals surface area contributed by atoms with E-state index >= 15 is 0 Å². The van der Waals surface area contributed by atoms with Crippen LogP contribution >= 0.6 is 0 Å². The van der Waals surface area contributed by atoms with Crippen LogP contribution in [-0.4, -0.2) is 66.3 Å². The molecule has 0 aromatic heterocycles. The smallest absolute Gasteiger partial charge is 0.407 e. The van der Waals surface area contributed by atoms with Crippen LogP contribution in [0.1, 0.15) is 63.9 Å². The van der Waals surface area contributed by atoms with Gasteiger partial charge >= 0.3 is 18.0 Å². The standard InChI is InChI=1S/C24H35N3O7/c1-23(2,3)33-21(30)15-8-9-17-16(12-15)14-27(11-10-25-22(31)34-24(4,5)6)20(29)18(26-17)13-19(28)32-7/h8-9,12,18,26H,10-11,13-14H2,1-7H3,(H,25,31)/t18-/m0/s1. The van der Waals surface area contributed by atoms with Crippen LogP contribution in [0.2, 0.25) is 0 Å². The molecule has 2 amide bonds. The molecule has 1 aliphatic heterocycles. The van der Waals surface area contributed by atoms with Crippen molar-refractivity contribution in [2.75, 3.05) is 25.5 Å². The third kappa shape index (κ3) is 8.24. The zero-order valence-corrected chi connectivity index (χ0v) is 20.9. The Morgan fingerprint density at radius 3 is 2.32 bits per heavy atom. The molecule has 1 atom stereocenters. The number of anilines is 1. The van der Waals surface area contributed by atoms with Crippen LogP contribution in [0.4, 0.5) is 10.5 Å². The number of alkyl carbamates (subject to hydrolysis) is 1. The van der Waals surface area contributed by atoms with E-state index in [-0.39, 0.29) is 32.0 Å². The van der Waals surface area contributed by atoms with E-state index in [0.29, 0.717) is 16.8 Å². The van der Waals surface area contributed by atoms with E-state index in [9.17, 15) is 19.2 Å². The van der Waals surface area contributed by atoms with Crippen LogP contribution in [0.25, 0.3) is 0 Å². The average Bonchev–Trinajstić information content (AvgIpc) is 2.82. The minimum absolute atomic E-state index is 0.146. The summed E-state index contributed by atoms with van der Waals surface area (Å²) in [4.78, 5) is 51.1. The summed E-state index contributed by atoms with van der Waals surface area (Å²) in [7, 11) is 1.26. The molecule has 2 rings (SSSR count). The molecule has 1 aromatic carbocycles. The van der Waals surface area contributed by atoms with Gasteiger partial charge in [-0.3, -0.25) is 9.59 Å². The molecular weight excluding hydrogens is 442 g/mol. The van der Waals surface area contributed by atoms with Gasteiger partial charge in [-0.15, -0.1) is 0 Å². The zero-order valence-electron chi connectivity index (χ0n) is 20.9. The summed E-state index contributed by atoms with van der Waals surface area (Å²) in [5, 5.41) is 5.73. The molecule has 10 nitrogen and oxygen atoms in total. The van der Waals surface area contributed by atoms with Crippen molar-refractivity contribution in [1.82, 2.24) is 10.2 Å². The highest BCUT2D eigenvalue weighted by molar-refractivity contribution is 5.93. The van der Waals surface area contributed by atoms with Crippen LogP contribution in [0.3, 0.4) is 0 Å². The summed E-state index contributed by atoms with van der Waals surface area (Å²) in [5.41, 5.74) is 0.359. The minimum atomic E-state index is -0.859. The molecule has 1 aliphatic rings. The van der Waals surface area contributed by atoms with E-state index in [1.807, 2.05) is 0 Å². The molecule has 2 N–H and O–H groups in total. The lowest BCUT2D eigenvalue weighted by Gasteiger charge is -2.25. The van der Waals surface area contributed by atoms with Crippen molar-refractivity contribution >= 4 is 29.6 Å². The summed E-state index contributed by atoms with van der Waals surface area (Å²) in [6.45, 7) is 11.1. The summed E-state index contributed by atoms with van der Waals surface area (Å²) >= 11 is 0. The highest BCUT2D eigenvalue weighted by Crippen LogP contribution is 2.26. The van der Waals surface area contributed by atoms with Crippen molar-refractivity contribution in [1.29, 1.82) is 0 Å². The molecule has 0 spiro atoms. The van der Waals surface area contributed by atoms with Gasteiger partial charge in [0, 0.05) is 25.3 Å². The van der Waals surface area contributed by atoms with Gasteiger partial charge < -0.3 is 29.7 Å². The lowest BCUT2D eigenvalue weighted by molar-refractivity contribution is -0.144. The number of amides is 2. The number of nitrogens with zero attached hydrogens (tertiary/aromatic N) is 1. The topological polar surface area (TPSA) is 123 Å². The van der Waals surface area contributed by atoms with Crippen LogP contribution in [0, 0.1) is 0 Å². The van der Waals surface area contributed by atoms with Crippen molar-refractivity contribution < 1.29 is 33.4 Å². The third-order valence-corrected chi connectivity index (χ3v) is 4.69. The number of fused-ring (bicyclic) bond motifs is 1. The van der Waals surface area contributed by atoms with Crippen LogP contribution < -0.4 is 10.6 Å². The molecule has 0 fully saturated rings. The molecule has 0 saturated carbocycles. The number of carbonyl (C=O) groups is 4. The number of carbonyl (C=O) groups excluding carboxylic acids is 4. The Morgan fingerprint density at radius 1 is 1.09 bits per heavy atom. The first-order valence-electron chi connectivity index (χ1n) is 11.1. The van der Waals surface area contributed by atoms with Crippen LogP contribution in [0.5, 0.6) is 0 Å². The molecule has 0 saturated heterocycles. The first kappa shape index (κ1) is 26.9. The number of methoxy groups -OCH3 is 1. The number of esters is 2. The Balaban J connectivity index is 2.24. The maximum Gasteiger partial charge on any atom is 0.407 e. The first-order valence-corrected chi connectivity index (χ1v) is 11.1. The molecule has 34 heavy (non-hydrogen) atoms. The minimum Gasteiger partial charge on any atom is -0.469 e. The maximum atomic E-state index is 13.2. The van der Waals surface area contributed by atoms with Crippen molar-refractivity contribution in [3.05, 3.63) is 29.3 Å². The van der Waals surface area contributed by atoms with Gasteiger partial charge in [-0.2, -0.15) is 0 Å². The number of hydrogen-bond acceptors (Lipinski definition) is 8. The largest absolute Gasteiger partial charge is 0.469 e. The number of benzene rings is 1. The van der Waals surface area contributed by atoms with Crippen molar-refractivity contribution in [3.63, 3.8) is 0 Å². The monoisotopic (exact) mass is 477 g/mol. The van der Waals surface area contributed by atoms with E-state index in [0.717, 1.165) is 0 Å². The van der Waals surface area contributed by atoms with Crippen LogP contribution in [0.15, 0.2) is 18.2 Å². The van der Waals surface area contributed by atoms with Crippen molar-refractivity contribution in [2.45, 2.75) is 71.8 Å². The molecule has 0 unspecified atom stereocenters. The lowest BCUT2D eigenvalue weighted by atomic mass is 10.1. The van der Waals surface area contributed by atoms with E-state index in [1.54, 1.807) is 59.7 Å². The predicted octanol–water partition coefficient (Wildman–Crippen LogP) is 2.85. The highest BCUT2D eigenvalue weighted by Gasteiger charge is 2.32. The third-order valence-electron chi connectivity index (χ3n) is 4.69. The molecule has 1 aromatic rings. The second kappa shape index (κ2) is 10.8. The van der Waals surface area contributed by atoms with Gasteiger partial charge in [0.15, 0.2) is 0 Å². The van der Waals surface area contributed by atoms with Gasteiger partial charge in [0.2, 0.25) is 5.91 Å². The summed E-state index contributed by atoms with van der Waals surface area (Å²) in [6, 6.07) is 4.11. The van der Waals surface area contributed by atoms with Gasteiger partial charge in [0.25, 0.3) is 0 Å². The molecule has 0 bridgehead atoms. The average molecular weight is 478 g/mol. The number of ether oxygens (including phenoxy) is 3. The first-order chi connectivity index (χ1) is 15.7. The highest BCUT2D eigenvalue weighted by atomic mass is 16.6. The molecule has 10 heteroatoms. The Kier molecular flexibility index (Phi) is 8.52. The SMILES string of the molecule is COC(=O)C[C@@H]1Nc2ccc(C(=O)OC(C)(C)C)cc2CN(CCNC(=O)OC(C)(C)C)C1=O. The maximum absolute atomic E-state index is 13.2. The van der Waals surface area contributed by atoms with Gasteiger partial charge in [-0.1, -0.05) is 0 Å². The van der Waals surface area contributed by atoms with Crippen LogP contribution in [-0.2, 0) is 30.3 Å². The van der Waals surface area contributed by atoms with Gasteiger partial charge in [0.05, 0.1) is 19.1 Å². The second-order valence-electron chi connectivity index (χ2n) is 10.0. The number of nitrogens with one attached hydrogen (secondary N) is 2. The van der Waals surface area contributed by atoms with E-state index in [1.165, 1.54) is 12.0 Å². The number of rotatable bonds is 6. The van der Waals surface area contributed by atoms with Crippen molar-refractivity contribution in [2.24, 2.45) is 0 Å². The Labute approximate surface area is 200 Å². The fourth-order valence-corrected chi connectivity index (χ4v) is 3.27. The summed E-state index contributed by atoms with van der Waals surface area (Å²) in [6.07, 6.45) is -0.759. The number of hydrogen-bond donors (Lipinski definition) is 2. The summed E-state index contributed by atoms with van der Waals surface area (Å²) in [5.74, 6) is -1.34. The molecule has 0 aliphatic carbocycles.